The maximum Gasteiger partial charge on any atom is 0.253 e. The molecule has 2 aromatic heterocycles. The number of anilines is 2. The van der Waals surface area contributed by atoms with Crippen LogP contribution < -0.4 is 16.6 Å². The zero-order valence-corrected chi connectivity index (χ0v) is 13.2. The first-order valence-corrected chi connectivity index (χ1v) is 7.69. The molecule has 2 aromatic rings. The maximum absolute atomic E-state index is 12.2. The fourth-order valence-corrected chi connectivity index (χ4v) is 2.65. The van der Waals surface area contributed by atoms with Crippen LogP contribution in [0.4, 0.5) is 11.6 Å². The summed E-state index contributed by atoms with van der Waals surface area (Å²) in [6.45, 7) is 1.86. The van der Waals surface area contributed by atoms with E-state index >= 15 is 0 Å². The van der Waals surface area contributed by atoms with Crippen LogP contribution >= 0.6 is 23.4 Å². The fraction of sp³-hybridized carbons (Fsp3) is 0.231. The second-order valence-electron chi connectivity index (χ2n) is 4.34. The van der Waals surface area contributed by atoms with Gasteiger partial charge < -0.3 is 16.0 Å². The highest BCUT2D eigenvalue weighted by Gasteiger charge is 2.20. The maximum atomic E-state index is 12.2. The van der Waals surface area contributed by atoms with E-state index in [4.69, 9.17) is 17.3 Å². The minimum atomic E-state index is -0.442. The predicted octanol–water partition coefficient (Wildman–Crippen LogP) is 1.91. The molecule has 0 radical (unpaired) electrons. The molecule has 22 heavy (non-hydrogen) atoms. The van der Waals surface area contributed by atoms with Crippen LogP contribution in [-0.2, 0) is 4.79 Å². The molecule has 0 unspecified atom stereocenters. The number of carbonyl (C=O) groups is 1. The number of nitrogens with one attached hydrogen (secondary N) is 2. The highest BCUT2D eigenvalue weighted by molar-refractivity contribution is 8.00. The van der Waals surface area contributed by atoms with E-state index in [1.165, 1.54) is 12.3 Å². The molecule has 0 fully saturated rings. The number of nitrogen functional groups attached to an aromatic ring is 1. The highest BCUT2D eigenvalue weighted by atomic mass is 35.5. The Morgan fingerprint density at radius 3 is 2.91 bits per heavy atom. The van der Waals surface area contributed by atoms with Gasteiger partial charge in [0.05, 0.1) is 10.3 Å². The largest absolute Gasteiger partial charge is 0.383 e. The minimum Gasteiger partial charge on any atom is -0.383 e. The SMILES string of the molecule is CC[C@H](Sc1nc(N)cc(=O)[nH]1)C(=O)Nc1ccc(Cl)cn1. The minimum absolute atomic E-state index is 0.112. The van der Waals surface area contributed by atoms with Crippen molar-refractivity contribution < 1.29 is 4.79 Å². The molecule has 0 bridgehead atoms. The van der Waals surface area contributed by atoms with Crippen LogP contribution in [0.3, 0.4) is 0 Å². The third-order valence-corrected chi connectivity index (χ3v) is 4.11. The standard InChI is InChI=1S/C13H14ClN5O2S/c1-2-8(22-13-17-9(15)5-11(20)19-13)12(21)18-10-4-3-7(14)6-16-10/h3-6,8H,2H2,1H3,(H,16,18,21)(H3,15,17,19,20)/t8-/m0/s1. The summed E-state index contributed by atoms with van der Waals surface area (Å²) >= 11 is 6.88. The Morgan fingerprint density at radius 1 is 1.55 bits per heavy atom. The zero-order valence-electron chi connectivity index (χ0n) is 11.7. The summed E-state index contributed by atoms with van der Waals surface area (Å²) in [5, 5.41) is 3.04. The van der Waals surface area contributed by atoms with Crippen LogP contribution in [0.25, 0.3) is 0 Å². The first-order chi connectivity index (χ1) is 10.5. The number of hydrogen-bond donors (Lipinski definition) is 3. The lowest BCUT2D eigenvalue weighted by atomic mass is 10.3. The van der Waals surface area contributed by atoms with E-state index < -0.39 is 5.25 Å². The number of aromatic nitrogens is 3. The molecule has 0 spiro atoms. The van der Waals surface area contributed by atoms with Crippen LogP contribution in [0.15, 0.2) is 34.3 Å². The van der Waals surface area contributed by atoms with Crippen LogP contribution in [-0.4, -0.2) is 26.1 Å². The lowest BCUT2D eigenvalue weighted by Gasteiger charge is -2.13. The first kappa shape index (κ1) is 16.3. The van der Waals surface area contributed by atoms with E-state index in [2.05, 4.69) is 20.3 Å². The smallest absolute Gasteiger partial charge is 0.253 e. The zero-order chi connectivity index (χ0) is 16.1. The average molecular weight is 340 g/mol. The molecule has 7 nitrogen and oxygen atoms in total. The summed E-state index contributed by atoms with van der Waals surface area (Å²) in [7, 11) is 0. The third-order valence-electron chi connectivity index (χ3n) is 2.64. The highest BCUT2D eigenvalue weighted by Crippen LogP contribution is 2.23. The van der Waals surface area contributed by atoms with Gasteiger partial charge in [0.25, 0.3) is 5.56 Å². The summed E-state index contributed by atoms with van der Waals surface area (Å²) in [6, 6.07) is 4.43. The van der Waals surface area contributed by atoms with Crippen molar-refractivity contribution in [3.63, 3.8) is 0 Å². The molecule has 0 aliphatic carbocycles. The number of carbonyl (C=O) groups excluding carboxylic acids is 1. The van der Waals surface area contributed by atoms with Gasteiger partial charge in [-0.25, -0.2) is 9.97 Å². The number of pyridine rings is 1. The Balaban J connectivity index is 2.08. The summed E-state index contributed by atoms with van der Waals surface area (Å²) in [5.41, 5.74) is 5.17. The van der Waals surface area contributed by atoms with Gasteiger partial charge in [-0.15, -0.1) is 0 Å². The van der Waals surface area contributed by atoms with Gasteiger partial charge >= 0.3 is 0 Å². The van der Waals surface area contributed by atoms with Crippen LogP contribution in [0.2, 0.25) is 5.02 Å². The molecular weight excluding hydrogens is 326 g/mol. The van der Waals surface area contributed by atoms with Gasteiger partial charge in [-0.05, 0) is 18.6 Å². The number of hydrogen-bond acceptors (Lipinski definition) is 6. The van der Waals surface area contributed by atoms with Crippen molar-refractivity contribution in [2.75, 3.05) is 11.1 Å². The van der Waals surface area contributed by atoms with Gasteiger partial charge in [0.1, 0.15) is 11.6 Å². The second-order valence-corrected chi connectivity index (χ2v) is 5.97. The topological polar surface area (TPSA) is 114 Å². The number of thioether (sulfide) groups is 1. The van der Waals surface area contributed by atoms with Gasteiger partial charge in [0.2, 0.25) is 5.91 Å². The summed E-state index contributed by atoms with van der Waals surface area (Å²) in [4.78, 5) is 34.1. The van der Waals surface area contributed by atoms with E-state index in [0.29, 0.717) is 22.4 Å². The molecule has 2 rings (SSSR count). The molecule has 2 heterocycles. The van der Waals surface area contributed by atoms with Crippen molar-refractivity contribution in [3.8, 4) is 0 Å². The fourth-order valence-electron chi connectivity index (χ4n) is 1.62. The molecule has 9 heteroatoms. The summed E-state index contributed by atoms with van der Waals surface area (Å²) < 4.78 is 0. The molecule has 116 valence electrons. The van der Waals surface area contributed by atoms with E-state index in [1.807, 2.05) is 6.92 Å². The number of aromatic amines is 1. The number of H-pyrrole nitrogens is 1. The van der Waals surface area contributed by atoms with E-state index in [9.17, 15) is 9.59 Å². The molecule has 4 N–H and O–H groups in total. The number of amides is 1. The van der Waals surface area contributed by atoms with Crippen molar-refractivity contribution >= 4 is 40.9 Å². The lowest BCUT2D eigenvalue weighted by Crippen LogP contribution is -2.25. The molecular formula is C13H14ClN5O2S. The quantitative estimate of drug-likeness (QED) is 0.566. The van der Waals surface area contributed by atoms with Crippen molar-refractivity contribution in [2.45, 2.75) is 23.8 Å². The van der Waals surface area contributed by atoms with Crippen molar-refractivity contribution in [2.24, 2.45) is 0 Å². The van der Waals surface area contributed by atoms with Crippen LogP contribution in [0.5, 0.6) is 0 Å². The molecule has 0 aromatic carbocycles. The molecule has 0 saturated carbocycles. The predicted molar refractivity (Wildman–Crippen MR) is 87.1 cm³/mol. The van der Waals surface area contributed by atoms with E-state index in [-0.39, 0.29) is 17.3 Å². The van der Waals surface area contributed by atoms with Gasteiger partial charge in [-0.1, -0.05) is 30.3 Å². The Hall–Kier alpha value is -2.06. The number of nitrogens with zero attached hydrogens (tertiary/aromatic N) is 2. The van der Waals surface area contributed by atoms with Gasteiger partial charge in [-0.2, -0.15) is 0 Å². The van der Waals surface area contributed by atoms with Crippen molar-refractivity contribution in [1.29, 1.82) is 0 Å². The Morgan fingerprint density at radius 2 is 2.32 bits per heavy atom. The van der Waals surface area contributed by atoms with Gasteiger partial charge in [-0.3, -0.25) is 9.59 Å². The lowest BCUT2D eigenvalue weighted by molar-refractivity contribution is -0.115. The van der Waals surface area contributed by atoms with Crippen LogP contribution in [0.1, 0.15) is 13.3 Å². The van der Waals surface area contributed by atoms with Gasteiger partial charge in [0, 0.05) is 12.3 Å². The summed E-state index contributed by atoms with van der Waals surface area (Å²) in [5.74, 6) is 0.274. The number of rotatable bonds is 5. The Kier molecular flexibility index (Phi) is 5.40. The van der Waals surface area contributed by atoms with Crippen molar-refractivity contribution in [1.82, 2.24) is 15.0 Å². The first-order valence-electron chi connectivity index (χ1n) is 6.44. The third kappa shape index (κ3) is 4.47. The van der Waals surface area contributed by atoms with Crippen molar-refractivity contribution in [3.05, 3.63) is 39.8 Å². The van der Waals surface area contributed by atoms with Gasteiger partial charge in [0.15, 0.2) is 5.16 Å². The average Bonchev–Trinajstić information content (AvgIpc) is 2.46. The van der Waals surface area contributed by atoms with Crippen LogP contribution in [0, 0.1) is 0 Å². The Labute approximate surface area is 135 Å². The molecule has 0 aliphatic rings. The van der Waals surface area contributed by atoms with E-state index in [0.717, 1.165) is 11.8 Å². The molecule has 1 amide bonds. The second kappa shape index (κ2) is 7.28. The molecule has 1 atom stereocenters. The summed E-state index contributed by atoms with van der Waals surface area (Å²) in [6.07, 6.45) is 1.99. The number of nitrogens with two attached hydrogens (primary N) is 1. The normalized spacial score (nSPS) is 11.9. The monoisotopic (exact) mass is 339 g/mol. The molecule has 0 aliphatic heterocycles. The Bertz CT molecular complexity index is 719. The number of halogens is 1. The van der Waals surface area contributed by atoms with E-state index in [1.54, 1.807) is 12.1 Å². The molecule has 0 saturated heterocycles.